The first-order chi connectivity index (χ1) is 8.60. The molecule has 0 aliphatic carbocycles. The summed E-state index contributed by atoms with van der Waals surface area (Å²) in [5.74, 6) is -0.900. The lowest BCUT2D eigenvalue weighted by atomic mass is 10.0. The molecule has 96 valence electrons. The van der Waals surface area contributed by atoms with Gasteiger partial charge in [-0.2, -0.15) is 0 Å². The van der Waals surface area contributed by atoms with Crippen molar-refractivity contribution < 1.29 is 23.8 Å². The van der Waals surface area contributed by atoms with Gasteiger partial charge in [-0.05, 0) is 18.2 Å². The summed E-state index contributed by atoms with van der Waals surface area (Å²) in [4.78, 5) is 21.2. The third-order valence-electron chi connectivity index (χ3n) is 2.83. The minimum Gasteiger partial charge on any atom is -0.490 e. The Morgan fingerprint density at radius 3 is 3.11 bits per heavy atom. The maximum absolute atomic E-state index is 13.0. The molecule has 2 rings (SSSR count). The van der Waals surface area contributed by atoms with Crippen LogP contribution in [-0.2, 0) is 16.0 Å². The van der Waals surface area contributed by atoms with Gasteiger partial charge in [0.1, 0.15) is 23.7 Å². The Hall–Kier alpha value is -2.11. The van der Waals surface area contributed by atoms with Crippen molar-refractivity contribution in [2.75, 3.05) is 0 Å². The molecule has 0 saturated heterocycles. The van der Waals surface area contributed by atoms with E-state index in [1.165, 1.54) is 18.2 Å². The van der Waals surface area contributed by atoms with Gasteiger partial charge >= 0.3 is 5.97 Å². The molecule has 2 unspecified atom stereocenters. The molecule has 0 radical (unpaired) electrons. The number of amides is 1. The van der Waals surface area contributed by atoms with Crippen LogP contribution in [0.5, 0.6) is 5.75 Å². The van der Waals surface area contributed by atoms with Crippen LogP contribution in [0.4, 0.5) is 4.39 Å². The van der Waals surface area contributed by atoms with Crippen molar-refractivity contribution in [2.45, 2.75) is 25.0 Å². The Kier molecular flexibility index (Phi) is 3.45. The smallest absolute Gasteiger partial charge is 0.326 e. The maximum Gasteiger partial charge on any atom is 0.326 e. The third-order valence-corrected chi connectivity index (χ3v) is 2.83. The quantitative estimate of drug-likeness (QED) is 0.758. The zero-order valence-corrected chi connectivity index (χ0v) is 9.43. The molecule has 1 heterocycles. The standard InChI is InChI=1S/C12H12FNO4/c13-8-1-2-11-7(3-8)4-9(18-11)5-10(12(16)17)14-6-15/h1-3,6,9-10H,4-5H2,(H,14,15)(H,16,17). The van der Waals surface area contributed by atoms with Gasteiger partial charge < -0.3 is 15.2 Å². The number of hydrogen-bond acceptors (Lipinski definition) is 3. The molecule has 0 fully saturated rings. The summed E-state index contributed by atoms with van der Waals surface area (Å²) in [6.45, 7) is 0. The number of ether oxygens (including phenoxy) is 1. The van der Waals surface area contributed by atoms with Gasteiger partial charge in [-0.15, -0.1) is 0 Å². The summed E-state index contributed by atoms with van der Waals surface area (Å²) >= 11 is 0. The number of fused-ring (bicyclic) bond motifs is 1. The van der Waals surface area contributed by atoms with Crippen LogP contribution in [0.3, 0.4) is 0 Å². The van der Waals surface area contributed by atoms with Crippen molar-refractivity contribution in [3.8, 4) is 5.75 Å². The average Bonchev–Trinajstić information content (AvgIpc) is 2.69. The van der Waals surface area contributed by atoms with E-state index >= 15 is 0 Å². The van der Waals surface area contributed by atoms with E-state index in [1.807, 2.05) is 0 Å². The lowest BCUT2D eigenvalue weighted by Gasteiger charge is -2.16. The fourth-order valence-corrected chi connectivity index (χ4v) is 2.01. The van der Waals surface area contributed by atoms with Crippen LogP contribution in [0, 0.1) is 5.82 Å². The number of halogens is 1. The molecule has 2 N–H and O–H groups in total. The molecule has 0 spiro atoms. The number of nitrogens with one attached hydrogen (secondary N) is 1. The minimum atomic E-state index is -1.12. The summed E-state index contributed by atoms with van der Waals surface area (Å²) in [6.07, 6.45) is 0.567. The zero-order chi connectivity index (χ0) is 13.1. The van der Waals surface area contributed by atoms with Gasteiger partial charge in [-0.1, -0.05) is 0 Å². The second kappa shape index (κ2) is 5.03. The van der Waals surface area contributed by atoms with E-state index in [9.17, 15) is 14.0 Å². The van der Waals surface area contributed by atoms with Gasteiger partial charge in [-0.3, -0.25) is 4.79 Å². The molecule has 0 bridgehead atoms. The number of carbonyl (C=O) groups is 2. The monoisotopic (exact) mass is 253 g/mol. The molecule has 6 heteroatoms. The molecule has 5 nitrogen and oxygen atoms in total. The van der Waals surface area contributed by atoms with Crippen molar-refractivity contribution in [1.29, 1.82) is 0 Å². The number of carbonyl (C=O) groups excluding carboxylic acids is 1. The van der Waals surface area contributed by atoms with Crippen molar-refractivity contribution in [3.63, 3.8) is 0 Å². The minimum absolute atomic E-state index is 0.143. The number of hydrogen-bond donors (Lipinski definition) is 2. The Labute approximate surface area is 103 Å². The molecule has 0 saturated carbocycles. The molecule has 1 aromatic rings. The second-order valence-corrected chi connectivity index (χ2v) is 4.11. The van der Waals surface area contributed by atoms with Gasteiger partial charge in [-0.25, -0.2) is 9.18 Å². The summed E-state index contributed by atoms with van der Waals surface area (Å²) in [5.41, 5.74) is 0.718. The molecular weight excluding hydrogens is 241 g/mol. The van der Waals surface area contributed by atoms with Crippen molar-refractivity contribution in [3.05, 3.63) is 29.6 Å². The highest BCUT2D eigenvalue weighted by molar-refractivity contribution is 5.76. The van der Waals surface area contributed by atoms with E-state index in [2.05, 4.69) is 5.32 Å². The average molecular weight is 253 g/mol. The summed E-state index contributed by atoms with van der Waals surface area (Å²) in [5, 5.41) is 11.1. The lowest BCUT2D eigenvalue weighted by Crippen LogP contribution is -2.39. The van der Waals surface area contributed by atoms with E-state index in [-0.39, 0.29) is 18.3 Å². The Balaban J connectivity index is 2.02. The highest BCUT2D eigenvalue weighted by Gasteiger charge is 2.28. The maximum atomic E-state index is 13.0. The normalized spacial score (nSPS) is 18.6. The van der Waals surface area contributed by atoms with Crippen LogP contribution in [0.2, 0.25) is 0 Å². The van der Waals surface area contributed by atoms with Crippen LogP contribution in [-0.4, -0.2) is 29.6 Å². The van der Waals surface area contributed by atoms with E-state index in [4.69, 9.17) is 9.84 Å². The molecule has 1 aliphatic heterocycles. The van der Waals surface area contributed by atoms with Crippen LogP contribution in [0.25, 0.3) is 0 Å². The molecule has 1 aromatic carbocycles. The van der Waals surface area contributed by atoms with Crippen LogP contribution >= 0.6 is 0 Å². The molecule has 1 amide bonds. The first-order valence-electron chi connectivity index (χ1n) is 5.47. The number of benzene rings is 1. The van der Waals surface area contributed by atoms with E-state index < -0.39 is 12.0 Å². The highest BCUT2D eigenvalue weighted by Crippen LogP contribution is 2.30. The Morgan fingerprint density at radius 1 is 1.67 bits per heavy atom. The topological polar surface area (TPSA) is 75.6 Å². The third kappa shape index (κ3) is 2.58. The molecule has 18 heavy (non-hydrogen) atoms. The number of carboxylic acid groups (broad SMARTS) is 1. The summed E-state index contributed by atoms with van der Waals surface area (Å²) in [7, 11) is 0. The van der Waals surface area contributed by atoms with Gasteiger partial charge in [0, 0.05) is 18.4 Å². The fourth-order valence-electron chi connectivity index (χ4n) is 2.01. The molecule has 0 aromatic heterocycles. The van der Waals surface area contributed by atoms with Gasteiger partial charge in [0.25, 0.3) is 0 Å². The first kappa shape index (κ1) is 12.3. The van der Waals surface area contributed by atoms with Gasteiger partial charge in [0.15, 0.2) is 0 Å². The van der Waals surface area contributed by atoms with Crippen molar-refractivity contribution >= 4 is 12.4 Å². The fraction of sp³-hybridized carbons (Fsp3) is 0.333. The molecular formula is C12H12FNO4. The first-order valence-corrected chi connectivity index (χ1v) is 5.47. The zero-order valence-electron chi connectivity index (χ0n) is 9.43. The van der Waals surface area contributed by atoms with Crippen molar-refractivity contribution in [1.82, 2.24) is 5.32 Å². The largest absolute Gasteiger partial charge is 0.490 e. The van der Waals surface area contributed by atoms with E-state index in [0.717, 1.165) is 5.56 Å². The van der Waals surface area contributed by atoms with E-state index in [0.29, 0.717) is 18.6 Å². The SMILES string of the molecule is O=CNC(CC1Cc2cc(F)ccc2O1)C(=O)O. The Morgan fingerprint density at radius 2 is 2.44 bits per heavy atom. The number of rotatable bonds is 5. The predicted molar refractivity (Wildman–Crippen MR) is 59.8 cm³/mol. The van der Waals surface area contributed by atoms with Crippen molar-refractivity contribution in [2.24, 2.45) is 0 Å². The summed E-state index contributed by atoms with van der Waals surface area (Å²) in [6, 6.07) is 3.19. The van der Waals surface area contributed by atoms with Gasteiger partial charge in [0.2, 0.25) is 6.41 Å². The Bertz CT molecular complexity index is 477. The van der Waals surface area contributed by atoms with Crippen LogP contribution < -0.4 is 10.1 Å². The van der Waals surface area contributed by atoms with Crippen LogP contribution in [0.15, 0.2) is 18.2 Å². The lowest BCUT2D eigenvalue weighted by molar-refractivity contribution is -0.141. The number of carboxylic acids is 1. The predicted octanol–water partition coefficient (Wildman–Crippen LogP) is 0.718. The van der Waals surface area contributed by atoms with Gasteiger partial charge in [0.05, 0.1) is 0 Å². The molecule has 2 atom stereocenters. The molecule has 1 aliphatic rings. The van der Waals surface area contributed by atoms with E-state index in [1.54, 1.807) is 0 Å². The van der Waals surface area contributed by atoms with Crippen LogP contribution in [0.1, 0.15) is 12.0 Å². The highest BCUT2D eigenvalue weighted by atomic mass is 19.1. The number of aliphatic carboxylic acids is 1. The summed E-state index contributed by atoms with van der Waals surface area (Å²) < 4.78 is 18.5. The second-order valence-electron chi connectivity index (χ2n) is 4.11.